The van der Waals surface area contributed by atoms with Crippen molar-refractivity contribution in [2.45, 2.75) is 39.5 Å². The zero-order valence-electron chi connectivity index (χ0n) is 14.3. The summed E-state index contributed by atoms with van der Waals surface area (Å²) in [6.07, 6.45) is 3.27. The van der Waals surface area contributed by atoms with Gasteiger partial charge in [0.05, 0.1) is 0 Å². The Morgan fingerprint density at radius 3 is 2.58 bits per heavy atom. The number of aromatic nitrogens is 2. The third-order valence-corrected chi connectivity index (χ3v) is 4.43. The molecule has 6 nitrogen and oxygen atoms in total. The molecule has 3 rings (SSSR count). The van der Waals surface area contributed by atoms with E-state index in [1.54, 1.807) is 6.92 Å². The van der Waals surface area contributed by atoms with Crippen LogP contribution in [0.15, 0.2) is 28.7 Å². The molecule has 0 saturated carbocycles. The first kappa shape index (κ1) is 16.5. The minimum Gasteiger partial charge on any atom is -0.426 e. The van der Waals surface area contributed by atoms with Crippen LogP contribution < -0.4 is 10.2 Å². The Kier molecular flexibility index (Phi) is 5.13. The number of benzene rings is 1. The van der Waals surface area contributed by atoms with Gasteiger partial charge in [0.25, 0.3) is 0 Å². The first-order valence-electron chi connectivity index (χ1n) is 8.54. The van der Waals surface area contributed by atoms with Gasteiger partial charge < -0.3 is 14.6 Å². The van der Waals surface area contributed by atoms with Gasteiger partial charge in [-0.3, -0.25) is 4.79 Å². The van der Waals surface area contributed by atoms with Gasteiger partial charge >= 0.3 is 0 Å². The maximum atomic E-state index is 12.0. The second-order valence-corrected chi connectivity index (χ2v) is 6.48. The Labute approximate surface area is 142 Å². The van der Waals surface area contributed by atoms with Gasteiger partial charge in [0, 0.05) is 44.2 Å². The molecule has 0 aliphatic carbocycles. The minimum absolute atomic E-state index is 0.0506. The van der Waals surface area contributed by atoms with Crippen LogP contribution in [0.5, 0.6) is 0 Å². The van der Waals surface area contributed by atoms with Crippen LogP contribution in [0.4, 0.5) is 11.4 Å². The summed E-state index contributed by atoms with van der Waals surface area (Å²) in [6, 6.07) is 8.07. The summed E-state index contributed by atoms with van der Waals surface area (Å²) in [5.41, 5.74) is 2.04. The van der Waals surface area contributed by atoms with E-state index in [0.717, 1.165) is 24.7 Å². The van der Waals surface area contributed by atoms with E-state index in [0.29, 0.717) is 24.6 Å². The van der Waals surface area contributed by atoms with Crippen molar-refractivity contribution in [2.24, 2.45) is 5.92 Å². The Balaban J connectivity index is 1.49. The third-order valence-electron chi connectivity index (χ3n) is 4.43. The third kappa shape index (κ3) is 4.34. The Bertz CT molecular complexity index is 673. The van der Waals surface area contributed by atoms with E-state index in [2.05, 4.69) is 39.5 Å². The Morgan fingerprint density at radius 2 is 1.96 bits per heavy atom. The molecule has 24 heavy (non-hydrogen) atoms. The molecule has 0 radical (unpaired) electrons. The molecule has 0 bridgehead atoms. The average molecular weight is 328 g/mol. The van der Waals surface area contributed by atoms with E-state index in [-0.39, 0.29) is 5.91 Å². The molecule has 128 valence electrons. The van der Waals surface area contributed by atoms with Crippen molar-refractivity contribution >= 4 is 17.3 Å². The molecule has 1 aromatic carbocycles. The molecule has 2 aromatic rings. The van der Waals surface area contributed by atoms with Gasteiger partial charge in [0.1, 0.15) is 0 Å². The molecule has 6 heteroatoms. The summed E-state index contributed by atoms with van der Waals surface area (Å²) in [4.78, 5) is 14.4. The van der Waals surface area contributed by atoms with Crippen LogP contribution in [-0.4, -0.2) is 29.2 Å². The molecule has 1 N–H and O–H groups in total. The van der Waals surface area contributed by atoms with Gasteiger partial charge in [-0.05, 0) is 43.0 Å². The van der Waals surface area contributed by atoms with Gasteiger partial charge in [-0.15, -0.1) is 10.2 Å². The van der Waals surface area contributed by atoms with E-state index in [4.69, 9.17) is 4.42 Å². The highest BCUT2D eigenvalue weighted by molar-refractivity contribution is 5.90. The quantitative estimate of drug-likeness (QED) is 0.912. The SMILES string of the molecule is Cc1nnc(CCC(=O)Nc2ccc(N3CCC(C)CC3)cc2)o1. The van der Waals surface area contributed by atoms with Crippen molar-refractivity contribution in [1.29, 1.82) is 0 Å². The van der Waals surface area contributed by atoms with Gasteiger partial charge in [-0.25, -0.2) is 0 Å². The van der Waals surface area contributed by atoms with Crippen molar-refractivity contribution in [3.63, 3.8) is 0 Å². The molecule has 1 aliphatic heterocycles. The van der Waals surface area contributed by atoms with Crippen molar-refractivity contribution in [2.75, 3.05) is 23.3 Å². The molecule has 0 spiro atoms. The molecule has 1 aliphatic rings. The van der Waals surface area contributed by atoms with Gasteiger partial charge in [0.15, 0.2) is 0 Å². The number of nitrogens with zero attached hydrogens (tertiary/aromatic N) is 3. The maximum absolute atomic E-state index is 12.0. The smallest absolute Gasteiger partial charge is 0.224 e. The number of hydrogen-bond acceptors (Lipinski definition) is 5. The number of carbonyl (C=O) groups excluding carboxylic acids is 1. The molecule has 0 unspecified atom stereocenters. The number of aryl methyl sites for hydroxylation is 2. The van der Waals surface area contributed by atoms with Crippen LogP contribution in [0.2, 0.25) is 0 Å². The van der Waals surface area contributed by atoms with Crippen molar-refractivity contribution in [3.8, 4) is 0 Å². The Hall–Kier alpha value is -2.37. The minimum atomic E-state index is -0.0506. The zero-order chi connectivity index (χ0) is 16.9. The van der Waals surface area contributed by atoms with Gasteiger partial charge in [0.2, 0.25) is 17.7 Å². The summed E-state index contributed by atoms with van der Waals surface area (Å²) in [5, 5.41) is 10.6. The lowest BCUT2D eigenvalue weighted by atomic mass is 9.99. The lowest BCUT2D eigenvalue weighted by Crippen LogP contribution is -2.32. The first-order chi connectivity index (χ1) is 11.6. The molecule has 2 heterocycles. The highest BCUT2D eigenvalue weighted by Gasteiger charge is 2.16. The summed E-state index contributed by atoms with van der Waals surface area (Å²) in [7, 11) is 0. The molecule has 1 saturated heterocycles. The highest BCUT2D eigenvalue weighted by atomic mass is 16.4. The number of rotatable bonds is 5. The van der Waals surface area contributed by atoms with Gasteiger partial charge in [-0.2, -0.15) is 0 Å². The maximum Gasteiger partial charge on any atom is 0.224 e. The molecule has 1 aromatic heterocycles. The predicted octanol–water partition coefficient (Wildman–Crippen LogP) is 3.19. The second kappa shape index (κ2) is 7.47. The highest BCUT2D eigenvalue weighted by Crippen LogP contribution is 2.24. The monoisotopic (exact) mass is 328 g/mol. The van der Waals surface area contributed by atoms with Crippen LogP contribution in [-0.2, 0) is 11.2 Å². The average Bonchev–Trinajstić information content (AvgIpc) is 3.00. The normalized spacial score (nSPS) is 15.5. The summed E-state index contributed by atoms with van der Waals surface area (Å²) >= 11 is 0. The van der Waals surface area contributed by atoms with Gasteiger partial charge in [-0.1, -0.05) is 6.92 Å². The van der Waals surface area contributed by atoms with E-state index >= 15 is 0 Å². The van der Waals surface area contributed by atoms with Crippen molar-refractivity contribution in [3.05, 3.63) is 36.0 Å². The standard InChI is InChI=1S/C18H24N4O2/c1-13-9-11-22(12-10-13)16-5-3-15(4-6-16)19-17(23)7-8-18-21-20-14(2)24-18/h3-6,13H,7-12H2,1-2H3,(H,19,23). The number of nitrogens with one attached hydrogen (secondary N) is 1. The molecule has 0 atom stereocenters. The van der Waals surface area contributed by atoms with Crippen LogP contribution in [0.1, 0.15) is 38.0 Å². The second-order valence-electron chi connectivity index (χ2n) is 6.48. The van der Waals surface area contributed by atoms with Crippen LogP contribution in [0, 0.1) is 12.8 Å². The van der Waals surface area contributed by atoms with Crippen LogP contribution in [0.3, 0.4) is 0 Å². The number of piperidine rings is 1. The summed E-state index contributed by atoms with van der Waals surface area (Å²) in [6.45, 7) is 6.26. The number of amides is 1. The lowest BCUT2D eigenvalue weighted by Gasteiger charge is -2.32. The number of carbonyl (C=O) groups is 1. The fourth-order valence-electron chi connectivity index (χ4n) is 2.90. The van der Waals surface area contributed by atoms with Crippen molar-refractivity contribution in [1.82, 2.24) is 10.2 Å². The molecule has 1 fully saturated rings. The summed E-state index contributed by atoms with van der Waals surface area (Å²) < 4.78 is 5.27. The molecular weight excluding hydrogens is 304 g/mol. The first-order valence-corrected chi connectivity index (χ1v) is 8.54. The zero-order valence-corrected chi connectivity index (χ0v) is 14.3. The van der Waals surface area contributed by atoms with Crippen molar-refractivity contribution < 1.29 is 9.21 Å². The topological polar surface area (TPSA) is 71.3 Å². The summed E-state index contributed by atoms with van der Waals surface area (Å²) in [5.74, 6) is 1.79. The molecule has 1 amide bonds. The number of hydrogen-bond donors (Lipinski definition) is 1. The fraction of sp³-hybridized carbons (Fsp3) is 0.500. The van der Waals surface area contributed by atoms with E-state index in [9.17, 15) is 4.79 Å². The van der Waals surface area contributed by atoms with E-state index < -0.39 is 0 Å². The predicted molar refractivity (Wildman–Crippen MR) is 93.0 cm³/mol. The molecular formula is C18H24N4O2. The van der Waals surface area contributed by atoms with Crippen LogP contribution in [0.25, 0.3) is 0 Å². The number of anilines is 2. The van der Waals surface area contributed by atoms with Crippen LogP contribution >= 0.6 is 0 Å². The largest absolute Gasteiger partial charge is 0.426 e. The van der Waals surface area contributed by atoms with E-state index in [1.165, 1.54) is 18.5 Å². The fourth-order valence-corrected chi connectivity index (χ4v) is 2.90. The lowest BCUT2D eigenvalue weighted by molar-refractivity contribution is -0.116. The Morgan fingerprint density at radius 1 is 1.25 bits per heavy atom. The van der Waals surface area contributed by atoms with E-state index in [1.807, 2.05) is 12.1 Å².